The van der Waals surface area contributed by atoms with Crippen LogP contribution >= 0.6 is 0 Å². The van der Waals surface area contributed by atoms with Crippen LogP contribution in [-0.2, 0) is 14.3 Å². The van der Waals surface area contributed by atoms with Crippen molar-refractivity contribution in [2.45, 2.75) is 32.0 Å². The van der Waals surface area contributed by atoms with E-state index < -0.39 is 6.10 Å². The van der Waals surface area contributed by atoms with E-state index in [4.69, 9.17) is 14.2 Å². The molecule has 2 atom stereocenters. The molecule has 0 spiro atoms. The van der Waals surface area contributed by atoms with Gasteiger partial charge in [-0.2, -0.15) is 0 Å². The third-order valence-corrected chi connectivity index (χ3v) is 3.91. The quantitative estimate of drug-likeness (QED) is 0.835. The van der Waals surface area contributed by atoms with E-state index in [1.807, 2.05) is 18.2 Å². The van der Waals surface area contributed by atoms with Gasteiger partial charge in [-0.05, 0) is 44.0 Å². The van der Waals surface area contributed by atoms with Crippen LogP contribution in [0.3, 0.4) is 0 Å². The number of hydrogen-bond acceptors (Lipinski definition) is 5. The molecule has 3 rings (SSSR count). The molecule has 0 saturated carbocycles. The van der Waals surface area contributed by atoms with Crippen LogP contribution in [0.2, 0.25) is 0 Å². The van der Waals surface area contributed by atoms with E-state index in [1.165, 1.54) is 0 Å². The van der Waals surface area contributed by atoms with Crippen molar-refractivity contribution in [2.75, 3.05) is 18.5 Å². The predicted octanol–water partition coefficient (Wildman–Crippen LogP) is 3.40. The number of benzene rings is 1. The van der Waals surface area contributed by atoms with Crippen LogP contribution in [0.15, 0.2) is 48.8 Å². The SMILES string of the molecule is C[C@@H](OC[C@H]1CCCO1)C(=O)Nc1cccc(Oc2ccncc2)c1. The Morgan fingerprint density at radius 2 is 2.16 bits per heavy atom. The highest BCUT2D eigenvalue weighted by Crippen LogP contribution is 2.23. The Morgan fingerprint density at radius 3 is 2.92 bits per heavy atom. The lowest BCUT2D eigenvalue weighted by molar-refractivity contribution is -0.128. The maximum atomic E-state index is 12.3. The molecule has 132 valence electrons. The molecule has 1 aliphatic heterocycles. The van der Waals surface area contributed by atoms with Gasteiger partial charge in [-0.1, -0.05) is 6.07 Å². The number of pyridine rings is 1. The molecule has 25 heavy (non-hydrogen) atoms. The number of nitrogens with one attached hydrogen (secondary N) is 1. The van der Waals surface area contributed by atoms with Gasteiger partial charge in [0.25, 0.3) is 5.91 Å². The third-order valence-electron chi connectivity index (χ3n) is 3.91. The van der Waals surface area contributed by atoms with Crippen molar-refractivity contribution in [1.82, 2.24) is 4.98 Å². The molecule has 1 saturated heterocycles. The van der Waals surface area contributed by atoms with Gasteiger partial charge in [0.1, 0.15) is 17.6 Å². The summed E-state index contributed by atoms with van der Waals surface area (Å²) < 4.78 is 16.8. The normalized spacial score (nSPS) is 17.9. The van der Waals surface area contributed by atoms with E-state index in [0.29, 0.717) is 23.8 Å². The number of ether oxygens (including phenoxy) is 3. The minimum Gasteiger partial charge on any atom is -0.457 e. The van der Waals surface area contributed by atoms with Gasteiger partial charge in [-0.15, -0.1) is 0 Å². The molecule has 1 N–H and O–H groups in total. The molecule has 0 aliphatic carbocycles. The summed E-state index contributed by atoms with van der Waals surface area (Å²) in [5, 5.41) is 2.85. The fourth-order valence-corrected chi connectivity index (χ4v) is 2.53. The summed E-state index contributed by atoms with van der Waals surface area (Å²) in [7, 11) is 0. The highest BCUT2D eigenvalue weighted by Gasteiger charge is 2.20. The first-order valence-electron chi connectivity index (χ1n) is 8.43. The maximum absolute atomic E-state index is 12.3. The predicted molar refractivity (Wildman–Crippen MR) is 93.8 cm³/mol. The molecular formula is C19H22N2O4. The van der Waals surface area contributed by atoms with Crippen molar-refractivity contribution >= 4 is 11.6 Å². The highest BCUT2D eigenvalue weighted by atomic mass is 16.5. The number of nitrogens with zero attached hydrogens (tertiary/aromatic N) is 1. The number of anilines is 1. The van der Waals surface area contributed by atoms with E-state index in [2.05, 4.69) is 10.3 Å². The summed E-state index contributed by atoms with van der Waals surface area (Å²) in [6.45, 7) is 2.96. The van der Waals surface area contributed by atoms with E-state index in [-0.39, 0.29) is 12.0 Å². The van der Waals surface area contributed by atoms with Crippen LogP contribution in [0.1, 0.15) is 19.8 Å². The minimum atomic E-state index is -0.547. The first kappa shape index (κ1) is 17.4. The monoisotopic (exact) mass is 342 g/mol. The lowest BCUT2D eigenvalue weighted by Gasteiger charge is -2.16. The van der Waals surface area contributed by atoms with Crippen LogP contribution in [0, 0.1) is 0 Å². The standard InChI is InChI=1S/C19H22N2O4/c1-14(24-13-18-6-3-11-23-18)19(22)21-15-4-2-5-17(12-15)25-16-7-9-20-10-8-16/h2,4-5,7-10,12,14,18H,3,6,11,13H2,1H3,(H,21,22)/t14-,18-/m1/s1. The zero-order chi connectivity index (χ0) is 17.5. The highest BCUT2D eigenvalue weighted by molar-refractivity contribution is 5.94. The van der Waals surface area contributed by atoms with Gasteiger partial charge in [0.2, 0.25) is 0 Å². The van der Waals surface area contributed by atoms with Crippen molar-refractivity contribution in [3.63, 3.8) is 0 Å². The molecular weight excluding hydrogens is 320 g/mol. The fraction of sp³-hybridized carbons (Fsp3) is 0.368. The Morgan fingerprint density at radius 1 is 1.32 bits per heavy atom. The molecule has 1 aliphatic rings. The number of aromatic nitrogens is 1. The average Bonchev–Trinajstić information content (AvgIpc) is 3.14. The second-order valence-electron chi connectivity index (χ2n) is 5.91. The van der Waals surface area contributed by atoms with Gasteiger partial charge < -0.3 is 19.5 Å². The molecule has 1 aromatic carbocycles. The van der Waals surface area contributed by atoms with Crippen LogP contribution < -0.4 is 10.1 Å². The van der Waals surface area contributed by atoms with Crippen molar-refractivity contribution < 1.29 is 19.0 Å². The summed E-state index contributed by atoms with van der Waals surface area (Å²) >= 11 is 0. The number of carbonyl (C=O) groups is 1. The fourth-order valence-electron chi connectivity index (χ4n) is 2.53. The van der Waals surface area contributed by atoms with Crippen molar-refractivity contribution in [3.05, 3.63) is 48.8 Å². The molecule has 1 aromatic heterocycles. The molecule has 0 unspecified atom stereocenters. The largest absolute Gasteiger partial charge is 0.457 e. The van der Waals surface area contributed by atoms with E-state index in [0.717, 1.165) is 19.4 Å². The van der Waals surface area contributed by atoms with Gasteiger partial charge in [0.15, 0.2) is 0 Å². The van der Waals surface area contributed by atoms with Crippen LogP contribution in [0.25, 0.3) is 0 Å². The second kappa shape index (κ2) is 8.60. The number of hydrogen-bond donors (Lipinski definition) is 1. The van der Waals surface area contributed by atoms with E-state index >= 15 is 0 Å². The first-order valence-corrected chi connectivity index (χ1v) is 8.43. The molecule has 0 radical (unpaired) electrons. The zero-order valence-electron chi connectivity index (χ0n) is 14.2. The van der Waals surface area contributed by atoms with Gasteiger partial charge in [-0.3, -0.25) is 9.78 Å². The molecule has 1 fully saturated rings. The number of carbonyl (C=O) groups excluding carboxylic acids is 1. The lowest BCUT2D eigenvalue weighted by atomic mass is 10.2. The second-order valence-corrected chi connectivity index (χ2v) is 5.91. The molecule has 2 heterocycles. The topological polar surface area (TPSA) is 69.7 Å². The molecule has 0 bridgehead atoms. The third kappa shape index (κ3) is 5.27. The summed E-state index contributed by atoms with van der Waals surface area (Å²) in [5.74, 6) is 1.13. The van der Waals surface area contributed by atoms with Gasteiger partial charge in [0.05, 0.1) is 12.7 Å². The smallest absolute Gasteiger partial charge is 0.253 e. The molecule has 1 amide bonds. The van der Waals surface area contributed by atoms with Gasteiger partial charge in [-0.25, -0.2) is 0 Å². The van der Waals surface area contributed by atoms with Crippen molar-refractivity contribution in [1.29, 1.82) is 0 Å². The summed E-state index contributed by atoms with van der Waals surface area (Å²) in [5.41, 5.74) is 0.657. The Labute approximate surface area is 147 Å². The Hall–Kier alpha value is -2.44. The Balaban J connectivity index is 1.52. The van der Waals surface area contributed by atoms with Crippen LogP contribution in [0.5, 0.6) is 11.5 Å². The molecule has 2 aromatic rings. The molecule has 6 nitrogen and oxygen atoms in total. The summed E-state index contributed by atoms with van der Waals surface area (Å²) in [6, 6.07) is 10.8. The summed E-state index contributed by atoms with van der Waals surface area (Å²) in [6.07, 6.45) is 4.92. The summed E-state index contributed by atoms with van der Waals surface area (Å²) in [4.78, 5) is 16.2. The average molecular weight is 342 g/mol. The minimum absolute atomic E-state index is 0.104. The Bertz CT molecular complexity index is 687. The van der Waals surface area contributed by atoms with Crippen molar-refractivity contribution in [3.8, 4) is 11.5 Å². The van der Waals surface area contributed by atoms with Crippen LogP contribution in [0.4, 0.5) is 5.69 Å². The Kier molecular flexibility index (Phi) is 5.98. The van der Waals surface area contributed by atoms with Crippen LogP contribution in [-0.4, -0.2) is 36.3 Å². The van der Waals surface area contributed by atoms with Gasteiger partial charge >= 0.3 is 0 Å². The number of amides is 1. The lowest BCUT2D eigenvalue weighted by Crippen LogP contribution is -2.30. The van der Waals surface area contributed by atoms with E-state index in [9.17, 15) is 4.79 Å². The van der Waals surface area contributed by atoms with Gasteiger partial charge in [0, 0.05) is 30.8 Å². The van der Waals surface area contributed by atoms with E-state index in [1.54, 1.807) is 37.5 Å². The number of rotatable bonds is 7. The zero-order valence-corrected chi connectivity index (χ0v) is 14.2. The first-order chi connectivity index (χ1) is 12.2. The van der Waals surface area contributed by atoms with Crippen molar-refractivity contribution in [2.24, 2.45) is 0 Å². The molecule has 6 heteroatoms. The maximum Gasteiger partial charge on any atom is 0.253 e.